The van der Waals surface area contributed by atoms with Crippen LogP contribution in [0.3, 0.4) is 0 Å². The highest BCUT2D eigenvalue weighted by molar-refractivity contribution is 6.04. The zero-order chi connectivity index (χ0) is 14.4. The smallest absolute Gasteiger partial charge is 0.224 e. The Kier molecular flexibility index (Phi) is 5.36. The summed E-state index contributed by atoms with van der Waals surface area (Å²) in [6.07, 6.45) is 1.15. The van der Waals surface area contributed by atoms with Gasteiger partial charge in [0.1, 0.15) is 0 Å². The fraction of sp³-hybridized carbons (Fsp3) is 0.429. The summed E-state index contributed by atoms with van der Waals surface area (Å²) in [5.41, 5.74) is 0.853. The van der Waals surface area contributed by atoms with Gasteiger partial charge < -0.3 is 14.8 Å². The van der Waals surface area contributed by atoms with Crippen LogP contribution in [-0.2, 0) is 4.79 Å². The monoisotopic (exact) mass is 265 g/mol. The number of methoxy groups -OCH3 is 2. The van der Waals surface area contributed by atoms with Crippen molar-refractivity contribution in [3.05, 3.63) is 17.7 Å². The van der Waals surface area contributed by atoms with Gasteiger partial charge in [-0.15, -0.1) is 0 Å². The average molecular weight is 265 g/mol. The van der Waals surface area contributed by atoms with Gasteiger partial charge in [0, 0.05) is 18.1 Å². The molecule has 0 unspecified atom stereocenters. The molecule has 0 bridgehead atoms. The molecule has 5 heteroatoms. The standard InChI is InChI=1S/C14H19NO4/c1-5-6-14(17)15-11-8-13(19-4)12(18-3)7-10(11)9(2)16/h7-8H,5-6H2,1-4H3,(H,15,17). The SMILES string of the molecule is CCCC(=O)Nc1cc(OC)c(OC)cc1C(C)=O. The van der Waals surface area contributed by atoms with Gasteiger partial charge in [-0.3, -0.25) is 9.59 Å². The second-order valence-corrected chi connectivity index (χ2v) is 4.11. The molecule has 0 fully saturated rings. The van der Waals surface area contributed by atoms with Crippen molar-refractivity contribution < 1.29 is 19.1 Å². The molecule has 0 radical (unpaired) electrons. The predicted octanol–water partition coefficient (Wildman–Crippen LogP) is 2.65. The maximum Gasteiger partial charge on any atom is 0.224 e. The molecule has 104 valence electrons. The predicted molar refractivity (Wildman–Crippen MR) is 73.1 cm³/mol. The summed E-state index contributed by atoms with van der Waals surface area (Å²) >= 11 is 0. The Balaban J connectivity index is 3.19. The average Bonchev–Trinajstić information content (AvgIpc) is 2.38. The number of Topliss-reactive ketones (excluding diaryl/α,β-unsaturated/α-hetero) is 1. The van der Waals surface area contributed by atoms with E-state index in [-0.39, 0.29) is 11.7 Å². The quantitative estimate of drug-likeness (QED) is 0.803. The Hall–Kier alpha value is -2.04. The lowest BCUT2D eigenvalue weighted by molar-refractivity contribution is -0.116. The highest BCUT2D eigenvalue weighted by Crippen LogP contribution is 2.33. The molecule has 19 heavy (non-hydrogen) atoms. The molecule has 1 rings (SSSR count). The molecule has 0 heterocycles. The number of hydrogen-bond donors (Lipinski definition) is 1. The van der Waals surface area contributed by atoms with Crippen LogP contribution in [0.15, 0.2) is 12.1 Å². The number of rotatable bonds is 6. The number of nitrogens with one attached hydrogen (secondary N) is 1. The maximum absolute atomic E-state index is 11.6. The molecule has 1 aromatic carbocycles. The number of ketones is 1. The van der Waals surface area contributed by atoms with Crippen LogP contribution in [0.2, 0.25) is 0 Å². The number of benzene rings is 1. The number of anilines is 1. The molecule has 0 saturated carbocycles. The third-order valence-corrected chi connectivity index (χ3v) is 2.65. The van der Waals surface area contributed by atoms with E-state index < -0.39 is 0 Å². The minimum absolute atomic E-state index is 0.128. The molecular formula is C14H19NO4. The molecule has 0 aliphatic rings. The topological polar surface area (TPSA) is 64.6 Å². The lowest BCUT2D eigenvalue weighted by atomic mass is 10.1. The molecule has 0 atom stereocenters. The summed E-state index contributed by atoms with van der Waals surface area (Å²) in [5, 5.41) is 2.72. The van der Waals surface area contributed by atoms with Crippen LogP contribution in [0.5, 0.6) is 11.5 Å². The normalized spacial score (nSPS) is 9.89. The van der Waals surface area contributed by atoms with Gasteiger partial charge in [0.05, 0.1) is 19.9 Å². The van der Waals surface area contributed by atoms with Gasteiger partial charge in [-0.05, 0) is 19.4 Å². The van der Waals surface area contributed by atoms with E-state index in [0.717, 1.165) is 6.42 Å². The first kappa shape index (κ1) is 15.0. The van der Waals surface area contributed by atoms with Crippen LogP contribution in [0.1, 0.15) is 37.0 Å². The Morgan fingerprint density at radius 1 is 1.16 bits per heavy atom. The Morgan fingerprint density at radius 3 is 2.21 bits per heavy atom. The van der Waals surface area contributed by atoms with E-state index in [4.69, 9.17) is 9.47 Å². The largest absolute Gasteiger partial charge is 0.493 e. The van der Waals surface area contributed by atoms with Gasteiger partial charge >= 0.3 is 0 Å². The summed E-state index contributed by atoms with van der Waals surface area (Å²) in [5.74, 6) is 0.658. The lowest BCUT2D eigenvalue weighted by Crippen LogP contribution is -2.13. The molecule has 1 amide bonds. The van der Waals surface area contributed by atoms with E-state index in [1.807, 2.05) is 6.92 Å². The molecular weight excluding hydrogens is 246 g/mol. The van der Waals surface area contributed by atoms with Crippen molar-refractivity contribution in [3.63, 3.8) is 0 Å². The van der Waals surface area contributed by atoms with Gasteiger partial charge in [-0.2, -0.15) is 0 Å². The van der Waals surface area contributed by atoms with Gasteiger partial charge in [-0.25, -0.2) is 0 Å². The maximum atomic E-state index is 11.6. The molecule has 5 nitrogen and oxygen atoms in total. The summed E-state index contributed by atoms with van der Waals surface area (Å²) in [6.45, 7) is 3.36. The van der Waals surface area contributed by atoms with E-state index in [1.54, 1.807) is 12.1 Å². The Labute approximate surface area is 112 Å². The van der Waals surface area contributed by atoms with Crippen molar-refractivity contribution in [1.29, 1.82) is 0 Å². The van der Waals surface area contributed by atoms with Crippen LogP contribution in [0.4, 0.5) is 5.69 Å². The van der Waals surface area contributed by atoms with E-state index in [0.29, 0.717) is 29.2 Å². The minimum atomic E-state index is -0.146. The zero-order valence-corrected chi connectivity index (χ0v) is 11.7. The lowest BCUT2D eigenvalue weighted by Gasteiger charge is -2.14. The molecule has 0 aliphatic carbocycles. The summed E-state index contributed by atoms with van der Waals surface area (Å²) in [4.78, 5) is 23.3. The third-order valence-electron chi connectivity index (χ3n) is 2.65. The highest BCUT2D eigenvalue weighted by atomic mass is 16.5. The molecule has 1 N–H and O–H groups in total. The number of carbonyl (C=O) groups is 2. The Morgan fingerprint density at radius 2 is 1.74 bits per heavy atom. The van der Waals surface area contributed by atoms with Gasteiger partial charge in [0.2, 0.25) is 5.91 Å². The number of hydrogen-bond acceptors (Lipinski definition) is 4. The second-order valence-electron chi connectivity index (χ2n) is 4.11. The van der Waals surface area contributed by atoms with Crippen molar-refractivity contribution in [1.82, 2.24) is 0 Å². The Bertz CT molecular complexity index is 483. The van der Waals surface area contributed by atoms with Crippen molar-refractivity contribution in [2.24, 2.45) is 0 Å². The van der Waals surface area contributed by atoms with E-state index in [9.17, 15) is 9.59 Å². The van der Waals surface area contributed by atoms with Crippen molar-refractivity contribution >= 4 is 17.4 Å². The van der Waals surface area contributed by atoms with Gasteiger partial charge in [0.25, 0.3) is 0 Å². The zero-order valence-electron chi connectivity index (χ0n) is 11.7. The minimum Gasteiger partial charge on any atom is -0.493 e. The van der Waals surface area contributed by atoms with Gasteiger partial charge in [0.15, 0.2) is 17.3 Å². The van der Waals surface area contributed by atoms with Crippen LogP contribution >= 0.6 is 0 Å². The van der Waals surface area contributed by atoms with Gasteiger partial charge in [-0.1, -0.05) is 6.92 Å². The van der Waals surface area contributed by atoms with Crippen molar-refractivity contribution in [3.8, 4) is 11.5 Å². The van der Waals surface area contributed by atoms with E-state index in [1.165, 1.54) is 21.1 Å². The van der Waals surface area contributed by atoms with Crippen LogP contribution in [-0.4, -0.2) is 25.9 Å². The number of ether oxygens (including phenoxy) is 2. The molecule has 0 aliphatic heterocycles. The molecule has 0 spiro atoms. The first-order valence-electron chi connectivity index (χ1n) is 6.10. The second kappa shape index (κ2) is 6.78. The number of amides is 1. The number of carbonyl (C=O) groups excluding carboxylic acids is 2. The summed E-state index contributed by atoms with van der Waals surface area (Å²) < 4.78 is 10.3. The fourth-order valence-corrected chi connectivity index (χ4v) is 1.71. The van der Waals surface area contributed by atoms with E-state index >= 15 is 0 Å². The first-order chi connectivity index (χ1) is 9.03. The molecule has 0 saturated heterocycles. The van der Waals surface area contributed by atoms with Crippen LogP contribution < -0.4 is 14.8 Å². The van der Waals surface area contributed by atoms with Crippen LogP contribution in [0.25, 0.3) is 0 Å². The first-order valence-corrected chi connectivity index (χ1v) is 6.10. The van der Waals surface area contributed by atoms with E-state index in [2.05, 4.69) is 5.32 Å². The molecule has 1 aromatic rings. The summed E-state index contributed by atoms with van der Waals surface area (Å²) in [6, 6.07) is 3.17. The third kappa shape index (κ3) is 3.71. The van der Waals surface area contributed by atoms with Crippen LogP contribution in [0, 0.1) is 0 Å². The molecule has 0 aromatic heterocycles. The van der Waals surface area contributed by atoms with Crippen molar-refractivity contribution in [2.75, 3.05) is 19.5 Å². The summed E-state index contributed by atoms with van der Waals surface area (Å²) in [7, 11) is 3.00. The van der Waals surface area contributed by atoms with Crippen molar-refractivity contribution in [2.45, 2.75) is 26.7 Å². The fourth-order valence-electron chi connectivity index (χ4n) is 1.71. The highest BCUT2D eigenvalue weighted by Gasteiger charge is 2.15.